The standard InChI is InChI=1S/C20H19FN2O2/c21-18-8-15(13-3-5-25-6-4-13)7-16(9-18)20(24)23-19-2-1-14-11-22-12-17(14)10-19/h1-3,7-10,22H,4-6,11-12H2,(H,23,24). The number of benzene rings is 2. The Morgan fingerprint density at radius 2 is 2.00 bits per heavy atom. The number of rotatable bonds is 3. The average Bonchev–Trinajstić information content (AvgIpc) is 3.09. The number of hydrogen-bond acceptors (Lipinski definition) is 3. The first-order valence-electron chi connectivity index (χ1n) is 8.41. The zero-order valence-electron chi connectivity index (χ0n) is 13.8. The van der Waals surface area contributed by atoms with Gasteiger partial charge in [-0.05, 0) is 59.0 Å². The van der Waals surface area contributed by atoms with Gasteiger partial charge in [0, 0.05) is 24.3 Å². The van der Waals surface area contributed by atoms with Crippen LogP contribution in [0.4, 0.5) is 10.1 Å². The van der Waals surface area contributed by atoms with Crippen molar-refractivity contribution in [1.82, 2.24) is 5.32 Å². The fourth-order valence-electron chi connectivity index (χ4n) is 3.27. The highest BCUT2D eigenvalue weighted by Gasteiger charge is 2.15. The van der Waals surface area contributed by atoms with E-state index in [1.54, 1.807) is 6.07 Å². The Labute approximate surface area is 145 Å². The molecule has 0 aromatic heterocycles. The van der Waals surface area contributed by atoms with Gasteiger partial charge in [-0.15, -0.1) is 0 Å². The van der Waals surface area contributed by atoms with E-state index in [0.29, 0.717) is 18.8 Å². The molecule has 2 aromatic rings. The highest BCUT2D eigenvalue weighted by molar-refractivity contribution is 6.04. The number of amides is 1. The molecule has 1 amide bonds. The number of carbonyl (C=O) groups excluding carboxylic acids is 1. The zero-order chi connectivity index (χ0) is 17.2. The monoisotopic (exact) mass is 338 g/mol. The molecule has 2 N–H and O–H groups in total. The number of carbonyl (C=O) groups is 1. The van der Waals surface area contributed by atoms with E-state index in [1.807, 2.05) is 24.3 Å². The summed E-state index contributed by atoms with van der Waals surface area (Å²) in [4.78, 5) is 12.6. The van der Waals surface area contributed by atoms with Gasteiger partial charge < -0.3 is 15.4 Å². The summed E-state index contributed by atoms with van der Waals surface area (Å²) in [5, 5.41) is 6.14. The van der Waals surface area contributed by atoms with Crippen LogP contribution in [-0.4, -0.2) is 19.1 Å². The highest BCUT2D eigenvalue weighted by Crippen LogP contribution is 2.24. The molecule has 0 bridgehead atoms. The van der Waals surface area contributed by atoms with Crippen molar-refractivity contribution >= 4 is 17.2 Å². The van der Waals surface area contributed by atoms with Gasteiger partial charge in [0.05, 0.1) is 13.2 Å². The predicted octanol–water partition coefficient (Wildman–Crippen LogP) is 3.48. The van der Waals surface area contributed by atoms with Crippen LogP contribution in [0.25, 0.3) is 5.57 Å². The largest absolute Gasteiger partial charge is 0.377 e. The van der Waals surface area contributed by atoms with Crippen molar-refractivity contribution in [3.05, 3.63) is 70.5 Å². The Balaban J connectivity index is 1.57. The van der Waals surface area contributed by atoms with Crippen molar-refractivity contribution in [2.24, 2.45) is 0 Å². The minimum atomic E-state index is -0.409. The van der Waals surface area contributed by atoms with Gasteiger partial charge in [0.1, 0.15) is 5.82 Å². The van der Waals surface area contributed by atoms with E-state index in [9.17, 15) is 9.18 Å². The maximum atomic E-state index is 14.0. The molecule has 25 heavy (non-hydrogen) atoms. The third-order valence-electron chi connectivity index (χ3n) is 4.59. The van der Waals surface area contributed by atoms with Crippen molar-refractivity contribution in [2.75, 3.05) is 18.5 Å². The Bertz CT molecular complexity index is 861. The molecular weight excluding hydrogens is 319 g/mol. The van der Waals surface area contributed by atoms with Gasteiger partial charge in [0.25, 0.3) is 5.91 Å². The predicted molar refractivity (Wildman–Crippen MR) is 94.8 cm³/mol. The number of fused-ring (bicyclic) bond motifs is 1. The smallest absolute Gasteiger partial charge is 0.255 e. The first-order valence-corrected chi connectivity index (χ1v) is 8.41. The van der Waals surface area contributed by atoms with Gasteiger partial charge in [-0.1, -0.05) is 12.1 Å². The molecule has 0 spiro atoms. The van der Waals surface area contributed by atoms with Gasteiger partial charge in [-0.3, -0.25) is 4.79 Å². The van der Waals surface area contributed by atoms with E-state index in [0.717, 1.165) is 36.3 Å². The number of nitrogens with one attached hydrogen (secondary N) is 2. The summed E-state index contributed by atoms with van der Waals surface area (Å²) in [5.41, 5.74) is 5.24. The van der Waals surface area contributed by atoms with Crippen LogP contribution in [-0.2, 0) is 17.8 Å². The van der Waals surface area contributed by atoms with Crippen LogP contribution >= 0.6 is 0 Å². The number of halogens is 1. The molecule has 0 aliphatic carbocycles. The third-order valence-corrected chi connectivity index (χ3v) is 4.59. The first-order chi connectivity index (χ1) is 12.2. The van der Waals surface area contributed by atoms with Crippen molar-refractivity contribution in [3.63, 3.8) is 0 Å². The summed E-state index contributed by atoms with van der Waals surface area (Å²) in [6.45, 7) is 2.80. The van der Waals surface area contributed by atoms with Crippen LogP contribution < -0.4 is 10.6 Å². The topological polar surface area (TPSA) is 50.4 Å². The lowest BCUT2D eigenvalue weighted by Gasteiger charge is -2.15. The SMILES string of the molecule is O=C(Nc1ccc2c(c1)CNC2)c1cc(F)cc(C2=CCOCC2)c1. The van der Waals surface area contributed by atoms with E-state index in [4.69, 9.17) is 4.74 Å². The lowest BCUT2D eigenvalue weighted by Crippen LogP contribution is -2.13. The van der Waals surface area contributed by atoms with Crippen molar-refractivity contribution in [1.29, 1.82) is 0 Å². The Hall–Kier alpha value is -2.50. The fraction of sp³-hybridized carbons (Fsp3) is 0.250. The van der Waals surface area contributed by atoms with E-state index in [1.165, 1.54) is 23.3 Å². The Morgan fingerprint density at radius 3 is 2.84 bits per heavy atom. The average molecular weight is 338 g/mol. The zero-order valence-corrected chi connectivity index (χ0v) is 13.8. The summed E-state index contributed by atoms with van der Waals surface area (Å²) in [6, 6.07) is 10.3. The van der Waals surface area contributed by atoms with Gasteiger partial charge >= 0.3 is 0 Å². The van der Waals surface area contributed by atoms with Gasteiger partial charge in [0.2, 0.25) is 0 Å². The van der Waals surface area contributed by atoms with Crippen LogP contribution in [0.3, 0.4) is 0 Å². The quantitative estimate of drug-likeness (QED) is 0.901. The number of anilines is 1. The molecule has 0 saturated heterocycles. The number of ether oxygens (including phenoxy) is 1. The van der Waals surface area contributed by atoms with Crippen LogP contribution in [0.15, 0.2) is 42.5 Å². The molecule has 2 aromatic carbocycles. The van der Waals surface area contributed by atoms with Crippen LogP contribution in [0.5, 0.6) is 0 Å². The maximum absolute atomic E-state index is 14.0. The summed E-state index contributed by atoms with van der Waals surface area (Å²) >= 11 is 0. The molecule has 0 atom stereocenters. The normalized spacial score (nSPS) is 16.3. The number of hydrogen-bond donors (Lipinski definition) is 2. The van der Waals surface area contributed by atoms with E-state index in [-0.39, 0.29) is 5.91 Å². The van der Waals surface area contributed by atoms with Crippen molar-refractivity contribution < 1.29 is 13.9 Å². The van der Waals surface area contributed by atoms with Crippen molar-refractivity contribution in [2.45, 2.75) is 19.5 Å². The van der Waals surface area contributed by atoms with Gasteiger partial charge in [-0.25, -0.2) is 4.39 Å². The van der Waals surface area contributed by atoms with Crippen molar-refractivity contribution in [3.8, 4) is 0 Å². The molecule has 2 aliphatic heterocycles. The maximum Gasteiger partial charge on any atom is 0.255 e. The summed E-state index contributed by atoms with van der Waals surface area (Å²) in [7, 11) is 0. The van der Waals surface area contributed by atoms with Gasteiger partial charge in [0.15, 0.2) is 0 Å². The molecule has 0 radical (unpaired) electrons. The van der Waals surface area contributed by atoms with Crippen LogP contribution in [0, 0.1) is 5.82 Å². The minimum absolute atomic E-state index is 0.306. The first kappa shape index (κ1) is 16.0. The molecule has 4 rings (SSSR count). The summed E-state index contributed by atoms with van der Waals surface area (Å²) in [6.07, 6.45) is 2.66. The second-order valence-corrected chi connectivity index (χ2v) is 6.32. The molecule has 0 saturated carbocycles. The molecule has 2 heterocycles. The lowest BCUT2D eigenvalue weighted by molar-refractivity contribution is 0.102. The molecule has 4 nitrogen and oxygen atoms in total. The minimum Gasteiger partial charge on any atom is -0.377 e. The second kappa shape index (κ2) is 6.78. The molecule has 0 unspecified atom stereocenters. The van der Waals surface area contributed by atoms with Crippen LogP contribution in [0.2, 0.25) is 0 Å². The summed E-state index contributed by atoms with van der Waals surface area (Å²) in [5.74, 6) is -0.715. The van der Waals surface area contributed by atoms with Crippen LogP contribution in [0.1, 0.15) is 33.5 Å². The molecular formula is C20H19FN2O2. The molecule has 5 heteroatoms. The second-order valence-electron chi connectivity index (χ2n) is 6.32. The van der Waals surface area contributed by atoms with E-state index >= 15 is 0 Å². The Kier molecular flexibility index (Phi) is 4.34. The molecule has 2 aliphatic rings. The Morgan fingerprint density at radius 1 is 1.12 bits per heavy atom. The van der Waals surface area contributed by atoms with E-state index in [2.05, 4.69) is 10.6 Å². The van der Waals surface area contributed by atoms with E-state index < -0.39 is 5.82 Å². The fourth-order valence-corrected chi connectivity index (χ4v) is 3.27. The van der Waals surface area contributed by atoms with Gasteiger partial charge in [-0.2, -0.15) is 0 Å². The molecule has 128 valence electrons. The third kappa shape index (κ3) is 3.48. The molecule has 0 fully saturated rings. The highest BCUT2D eigenvalue weighted by atomic mass is 19.1. The summed E-state index contributed by atoms with van der Waals surface area (Å²) < 4.78 is 19.3. The lowest BCUT2D eigenvalue weighted by atomic mass is 9.99.